The van der Waals surface area contributed by atoms with Gasteiger partial charge in [-0.05, 0) is 35.8 Å². The van der Waals surface area contributed by atoms with Crippen LogP contribution in [0.5, 0.6) is 5.75 Å². The number of hydrogen-bond donors (Lipinski definition) is 1. The van der Waals surface area contributed by atoms with Crippen LogP contribution in [0, 0.1) is 0 Å². The maximum Gasteiger partial charge on any atom is 0.331 e. The van der Waals surface area contributed by atoms with Gasteiger partial charge in [-0.2, -0.15) is 0 Å². The van der Waals surface area contributed by atoms with E-state index in [9.17, 15) is 4.79 Å². The van der Waals surface area contributed by atoms with E-state index < -0.39 is 0 Å². The van der Waals surface area contributed by atoms with Gasteiger partial charge in [-0.3, -0.25) is 0 Å². The standard InChI is InChI=1S/C20H19NO3/c1-3-24-20(22)13-17(14-7-5-4-6-8-14)18-11-15(23-2)12-19-16(18)9-10-21-19/h4-13,21H,3H2,1-2H3/b17-13-. The van der Waals surface area contributed by atoms with Gasteiger partial charge in [0.25, 0.3) is 0 Å². The quantitative estimate of drug-likeness (QED) is 0.567. The molecule has 1 heterocycles. The first-order chi connectivity index (χ1) is 11.7. The number of aromatic nitrogens is 1. The zero-order chi connectivity index (χ0) is 16.9. The van der Waals surface area contributed by atoms with Crippen molar-refractivity contribution >= 4 is 22.4 Å². The molecule has 0 aliphatic carbocycles. The number of carbonyl (C=O) groups is 1. The van der Waals surface area contributed by atoms with Crippen LogP contribution in [0.25, 0.3) is 16.5 Å². The molecule has 0 saturated heterocycles. The summed E-state index contributed by atoms with van der Waals surface area (Å²) in [6.45, 7) is 2.14. The van der Waals surface area contributed by atoms with Gasteiger partial charge in [-0.15, -0.1) is 0 Å². The molecule has 0 spiro atoms. The summed E-state index contributed by atoms with van der Waals surface area (Å²) >= 11 is 0. The van der Waals surface area contributed by atoms with Crippen LogP contribution in [0.1, 0.15) is 18.1 Å². The molecule has 2 aromatic carbocycles. The summed E-state index contributed by atoms with van der Waals surface area (Å²) in [6.07, 6.45) is 3.42. The van der Waals surface area contributed by atoms with Crippen LogP contribution >= 0.6 is 0 Å². The van der Waals surface area contributed by atoms with Crippen molar-refractivity contribution in [2.75, 3.05) is 13.7 Å². The number of fused-ring (bicyclic) bond motifs is 1. The largest absolute Gasteiger partial charge is 0.497 e. The third-order valence-corrected chi connectivity index (χ3v) is 3.80. The van der Waals surface area contributed by atoms with Crippen molar-refractivity contribution < 1.29 is 14.3 Å². The maximum absolute atomic E-state index is 12.1. The normalized spacial score (nSPS) is 11.5. The van der Waals surface area contributed by atoms with Crippen LogP contribution in [-0.4, -0.2) is 24.7 Å². The maximum atomic E-state index is 12.1. The van der Waals surface area contributed by atoms with E-state index in [1.54, 1.807) is 20.1 Å². The molecule has 0 saturated carbocycles. The number of methoxy groups -OCH3 is 1. The monoisotopic (exact) mass is 321 g/mol. The second-order valence-corrected chi connectivity index (χ2v) is 5.29. The Labute approximate surface area is 140 Å². The van der Waals surface area contributed by atoms with E-state index in [1.165, 1.54) is 0 Å². The number of ether oxygens (including phenoxy) is 2. The first-order valence-electron chi connectivity index (χ1n) is 7.82. The summed E-state index contributed by atoms with van der Waals surface area (Å²) in [5.41, 5.74) is 3.62. The fraction of sp³-hybridized carbons (Fsp3) is 0.150. The first-order valence-corrected chi connectivity index (χ1v) is 7.82. The van der Waals surface area contributed by atoms with E-state index in [1.807, 2.05) is 54.7 Å². The van der Waals surface area contributed by atoms with Gasteiger partial charge in [0.2, 0.25) is 0 Å². The SMILES string of the molecule is CCOC(=O)/C=C(/c1ccccc1)c1cc(OC)cc2[nH]ccc12. The topological polar surface area (TPSA) is 51.3 Å². The lowest BCUT2D eigenvalue weighted by atomic mass is 9.94. The summed E-state index contributed by atoms with van der Waals surface area (Å²) in [5.74, 6) is 0.369. The molecule has 0 unspecified atom stereocenters. The van der Waals surface area contributed by atoms with E-state index in [0.29, 0.717) is 6.61 Å². The van der Waals surface area contributed by atoms with Gasteiger partial charge in [0.1, 0.15) is 5.75 Å². The predicted octanol–water partition coefficient (Wildman–Crippen LogP) is 4.17. The van der Waals surface area contributed by atoms with Crippen LogP contribution < -0.4 is 4.74 Å². The van der Waals surface area contributed by atoms with Crippen molar-refractivity contribution in [1.82, 2.24) is 4.98 Å². The molecule has 4 nitrogen and oxygen atoms in total. The molecular formula is C20H19NO3. The average molecular weight is 321 g/mol. The highest BCUT2D eigenvalue weighted by molar-refractivity contribution is 6.03. The Hall–Kier alpha value is -3.01. The van der Waals surface area contributed by atoms with Crippen molar-refractivity contribution in [3.05, 3.63) is 71.9 Å². The highest BCUT2D eigenvalue weighted by Crippen LogP contribution is 2.33. The Morgan fingerprint density at radius 2 is 1.96 bits per heavy atom. The minimum absolute atomic E-state index is 0.342. The molecule has 122 valence electrons. The number of nitrogens with one attached hydrogen (secondary N) is 1. The third kappa shape index (κ3) is 3.18. The molecule has 4 heteroatoms. The van der Waals surface area contributed by atoms with E-state index in [4.69, 9.17) is 9.47 Å². The van der Waals surface area contributed by atoms with Crippen LogP contribution in [0.4, 0.5) is 0 Å². The molecule has 0 amide bonds. The number of hydrogen-bond acceptors (Lipinski definition) is 3. The minimum atomic E-state index is -0.358. The van der Waals surface area contributed by atoms with E-state index >= 15 is 0 Å². The number of benzene rings is 2. The smallest absolute Gasteiger partial charge is 0.331 e. The van der Waals surface area contributed by atoms with Gasteiger partial charge in [0.15, 0.2) is 0 Å². The van der Waals surface area contributed by atoms with E-state index in [-0.39, 0.29) is 5.97 Å². The van der Waals surface area contributed by atoms with Crippen molar-refractivity contribution in [2.24, 2.45) is 0 Å². The van der Waals surface area contributed by atoms with Crippen LogP contribution in [0.2, 0.25) is 0 Å². The van der Waals surface area contributed by atoms with Crippen molar-refractivity contribution in [3.63, 3.8) is 0 Å². The Kier molecular flexibility index (Phi) is 4.66. The number of carbonyl (C=O) groups excluding carboxylic acids is 1. The Balaban J connectivity index is 2.23. The molecule has 0 aliphatic rings. The van der Waals surface area contributed by atoms with Crippen molar-refractivity contribution in [2.45, 2.75) is 6.92 Å². The molecule has 3 rings (SSSR count). The van der Waals surface area contributed by atoms with Crippen LogP contribution in [0.15, 0.2) is 60.8 Å². The molecule has 0 radical (unpaired) electrons. The average Bonchev–Trinajstić information content (AvgIpc) is 3.08. The van der Waals surface area contributed by atoms with Gasteiger partial charge in [-0.25, -0.2) is 4.79 Å². The zero-order valence-corrected chi connectivity index (χ0v) is 13.7. The summed E-state index contributed by atoms with van der Waals surface area (Å²) < 4.78 is 10.5. The van der Waals surface area contributed by atoms with Crippen molar-refractivity contribution in [1.29, 1.82) is 0 Å². The Bertz CT molecular complexity index is 878. The minimum Gasteiger partial charge on any atom is -0.497 e. The lowest BCUT2D eigenvalue weighted by molar-refractivity contribution is -0.137. The molecule has 3 aromatic rings. The van der Waals surface area contributed by atoms with Gasteiger partial charge in [0.05, 0.1) is 13.7 Å². The molecule has 0 fully saturated rings. The van der Waals surface area contributed by atoms with Gasteiger partial charge >= 0.3 is 5.97 Å². The second kappa shape index (κ2) is 7.04. The highest BCUT2D eigenvalue weighted by atomic mass is 16.5. The molecule has 1 aromatic heterocycles. The van der Waals surface area contributed by atoms with Crippen LogP contribution in [0.3, 0.4) is 0 Å². The summed E-state index contributed by atoms with van der Waals surface area (Å²) in [4.78, 5) is 15.3. The van der Waals surface area contributed by atoms with Gasteiger partial charge < -0.3 is 14.5 Å². The fourth-order valence-electron chi connectivity index (χ4n) is 2.72. The summed E-state index contributed by atoms with van der Waals surface area (Å²) in [7, 11) is 1.63. The molecule has 0 aliphatic heterocycles. The molecular weight excluding hydrogens is 302 g/mol. The zero-order valence-electron chi connectivity index (χ0n) is 13.7. The molecule has 0 atom stereocenters. The number of rotatable bonds is 5. The van der Waals surface area contributed by atoms with E-state index in [2.05, 4.69) is 4.98 Å². The summed E-state index contributed by atoms with van der Waals surface area (Å²) in [6, 6.07) is 15.7. The van der Waals surface area contributed by atoms with Crippen LogP contribution in [-0.2, 0) is 9.53 Å². The lowest BCUT2D eigenvalue weighted by Crippen LogP contribution is -2.02. The molecule has 0 bridgehead atoms. The van der Waals surface area contributed by atoms with Gasteiger partial charge in [0, 0.05) is 29.2 Å². The first kappa shape index (κ1) is 15.9. The fourth-order valence-corrected chi connectivity index (χ4v) is 2.72. The number of H-pyrrole nitrogens is 1. The lowest BCUT2D eigenvalue weighted by Gasteiger charge is -2.12. The summed E-state index contributed by atoms with van der Waals surface area (Å²) in [5, 5.41) is 1.02. The number of aromatic amines is 1. The van der Waals surface area contributed by atoms with Gasteiger partial charge in [-0.1, -0.05) is 30.3 Å². The predicted molar refractivity (Wildman–Crippen MR) is 95.0 cm³/mol. The molecule has 24 heavy (non-hydrogen) atoms. The van der Waals surface area contributed by atoms with E-state index in [0.717, 1.165) is 33.4 Å². The second-order valence-electron chi connectivity index (χ2n) is 5.29. The Morgan fingerprint density at radius 3 is 2.67 bits per heavy atom. The highest BCUT2D eigenvalue weighted by Gasteiger charge is 2.14. The molecule has 1 N–H and O–H groups in total. The third-order valence-electron chi connectivity index (χ3n) is 3.80. The number of esters is 1. The Morgan fingerprint density at radius 1 is 1.17 bits per heavy atom. The van der Waals surface area contributed by atoms with Crippen molar-refractivity contribution in [3.8, 4) is 5.75 Å².